The predicted octanol–water partition coefficient (Wildman–Crippen LogP) is 3.74. The highest BCUT2D eigenvalue weighted by atomic mass is 16.5. The lowest BCUT2D eigenvalue weighted by molar-refractivity contribution is 0.280. The molecule has 2 aromatic carbocycles. The van der Waals surface area contributed by atoms with Gasteiger partial charge in [-0.25, -0.2) is 9.67 Å². The lowest BCUT2D eigenvalue weighted by Crippen LogP contribution is -2.04. The monoisotopic (exact) mass is 360 g/mol. The molecule has 3 aromatic rings. The second kappa shape index (κ2) is 6.54. The van der Waals surface area contributed by atoms with Crippen molar-refractivity contribution in [1.29, 1.82) is 0 Å². The molecule has 6 nitrogen and oxygen atoms in total. The van der Waals surface area contributed by atoms with Gasteiger partial charge in [-0.3, -0.25) is 4.99 Å². The Morgan fingerprint density at radius 2 is 2.04 bits per heavy atom. The highest BCUT2D eigenvalue weighted by Gasteiger charge is 2.23. The summed E-state index contributed by atoms with van der Waals surface area (Å²) in [4.78, 5) is 8.86. The van der Waals surface area contributed by atoms with Crippen LogP contribution < -0.4 is 9.47 Å². The standard InChI is InChI=1S/C21H20N4O2/c1-26-20-7-5-16(9-21(20)27-11-14-2-3-14)18-8-15-4-6-17(10-19(15)24-18)25-13-22-12-23-25/h4-7,9-10,12-14H,2-3,8,11H2,1H3. The summed E-state index contributed by atoms with van der Waals surface area (Å²) >= 11 is 0. The molecule has 0 bridgehead atoms. The second-order valence-corrected chi connectivity index (χ2v) is 7.01. The number of methoxy groups -OCH3 is 1. The zero-order valence-corrected chi connectivity index (χ0v) is 15.1. The molecule has 2 aliphatic rings. The Bertz CT molecular complexity index is 1010. The van der Waals surface area contributed by atoms with Gasteiger partial charge in [0, 0.05) is 12.0 Å². The van der Waals surface area contributed by atoms with E-state index in [9.17, 15) is 0 Å². The topological polar surface area (TPSA) is 61.5 Å². The van der Waals surface area contributed by atoms with Crippen LogP contribution in [0.15, 0.2) is 54.0 Å². The third kappa shape index (κ3) is 3.18. The summed E-state index contributed by atoms with van der Waals surface area (Å²) < 4.78 is 13.2. The molecule has 0 unspecified atom stereocenters. The Hall–Kier alpha value is -3.15. The molecule has 27 heavy (non-hydrogen) atoms. The van der Waals surface area contributed by atoms with Crippen molar-refractivity contribution in [3.8, 4) is 17.2 Å². The Labute approximate surface area is 157 Å². The molecule has 1 fully saturated rings. The number of rotatable bonds is 6. The van der Waals surface area contributed by atoms with Crippen LogP contribution in [-0.2, 0) is 6.42 Å². The van der Waals surface area contributed by atoms with Gasteiger partial charge in [-0.05, 0) is 54.7 Å². The first-order valence-corrected chi connectivity index (χ1v) is 9.17. The number of aromatic nitrogens is 3. The molecule has 1 aliphatic carbocycles. The molecular weight excluding hydrogens is 340 g/mol. The summed E-state index contributed by atoms with van der Waals surface area (Å²) in [5.74, 6) is 2.26. The molecule has 1 aromatic heterocycles. The molecule has 0 atom stereocenters. The van der Waals surface area contributed by atoms with Gasteiger partial charge in [0.1, 0.15) is 12.7 Å². The van der Waals surface area contributed by atoms with Crippen LogP contribution in [0.1, 0.15) is 24.0 Å². The fourth-order valence-electron chi connectivity index (χ4n) is 3.28. The van der Waals surface area contributed by atoms with E-state index in [4.69, 9.17) is 14.5 Å². The van der Waals surface area contributed by atoms with Crippen molar-refractivity contribution >= 4 is 11.4 Å². The lowest BCUT2D eigenvalue weighted by atomic mass is 10.0. The van der Waals surface area contributed by atoms with Crippen LogP contribution in [-0.4, -0.2) is 34.2 Å². The first-order valence-electron chi connectivity index (χ1n) is 9.17. The smallest absolute Gasteiger partial charge is 0.161 e. The largest absolute Gasteiger partial charge is 0.493 e. The van der Waals surface area contributed by atoms with Crippen molar-refractivity contribution < 1.29 is 9.47 Å². The van der Waals surface area contributed by atoms with E-state index >= 15 is 0 Å². The first-order chi connectivity index (χ1) is 13.3. The van der Waals surface area contributed by atoms with Crippen molar-refractivity contribution in [3.63, 3.8) is 0 Å². The summed E-state index contributed by atoms with van der Waals surface area (Å²) in [5.41, 5.74) is 5.26. The summed E-state index contributed by atoms with van der Waals surface area (Å²) in [7, 11) is 1.67. The maximum Gasteiger partial charge on any atom is 0.161 e. The van der Waals surface area contributed by atoms with Crippen LogP contribution in [0, 0.1) is 5.92 Å². The Morgan fingerprint density at radius 1 is 1.11 bits per heavy atom. The van der Waals surface area contributed by atoms with E-state index in [1.807, 2.05) is 30.3 Å². The number of benzene rings is 2. The fourth-order valence-corrected chi connectivity index (χ4v) is 3.28. The van der Waals surface area contributed by atoms with Crippen molar-refractivity contribution in [2.24, 2.45) is 10.9 Å². The molecule has 5 rings (SSSR count). The van der Waals surface area contributed by atoms with Gasteiger partial charge in [0.15, 0.2) is 11.5 Å². The van der Waals surface area contributed by atoms with Crippen molar-refractivity contribution in [1.82, 2.24) is 14.8 Å². The minimum Gasteiger partial charge on any atom is -0.493 e. The quantitative estimate of drug-likeness (QED) is 0.672. The molecule has 2 heterocycles. The van der Waals surface area contributed by atoms with Crippen LogP contribution in [0.25, 0.3) is 5.69 Å². The fraction of sp³-hybridized carbons (Fsp3) is 0.286. The Kier molecular flexibility index (Phi) is 3.89. The number of aliphatic imine (C=N–C) groups is 1. The Balaban J connectivity index is 1.43. The van der Waals surface area contributed by atoms with E-state index in [0.29, 0.717) is 5.92 Å². The lowest BCUT2D eigenvalue weighted by Gasteiger charge is -2.12. The highest BCUT2D eigenvalue weighted by Crippen LogP contribution is 2.36. The van der Waals surface area contributed by atoms with Gasteiger partial charge in [0.05, 0.1) is 30.8 Å². The van der Waals surface area contributed by atoms with E-state index in [-0.39, 0.29) is 0 Å². The highest BCUT2D eigenvalue weighted by molar-refractivity contribution is 6.07. The molecule has 1 aliphatic heterocycles. The summed E-state index contributed by atoms with van der Waals surface area (Å²) in [6.07, 6.45) is 6.55. The average Bonchev–Trinajstić information content (AvgIpc) is 3.19. The van der Waals surface area contributed by atoms with Gasteiger partial charge < -0.3 is 9.47 Å². The second-order valence-electron chi connectivity index (χ2n) is 7.01. The molecule has 6 heteroatoms. The minimum absolute atomic E-state index is 0.696. The van der Waals surface area contributed by atoms with Crippen LogP contribution >= 0.6 is 0 Å². The van der Waals surface area contributed by atoms with Gasteiger partial charge in [0.25, 0.3) is 0 Å². The average molecular weight is 360 g/mol. The molecule has 0 N–H and O–H groups in total. The normalized spacial score (nSPS) is 15.4. The first kappa shape index (κ1) is 16.1. The predicted molar refractivity (Wildman–Crippen MR) is 102 cm³/mol. The summed E-state index contributed by atoms with van der Waals surface area (Å²) in [6, 6.07) is 12.3. The van der Waals surface area contributed by atoms with E-state index in [0.717, 1.165) is 47.2 Å². The number of ether oxygens (including phenoxy) is 2. The zero-order chi connectivity index (χ0) is 18.2. The maximum atomic E-state index is 6.00. The maximum absolute atomic E-state index is 6.00. The third-order valence-electron chi connectivity index (χ3n) is 5.03. The van der Waals surface area contributed by atoms with Crippen molar-refractivity contribution in [3.05, 3.63) is 60.2 Å². The summed E-state index contributed by atoms with van der Waals surface area (Å²) in [6.45, 7) is 0.758. The molecule has 0 spiro atoms. The van der Waals surface area contributed by atoms with Gasteiger partial charge in [-0.2, -0.15) is 5.10 Å². The van der Waals surface area contributed by atoms with Gasteiger partial charge >= 0.3 is 0 Å². The van der Waals surface area contributed by atoms with Gasteiger partial charge in [-0.1, -0.05) is 6.07 Å². The molecule has 0 amide bonds. The zero-order valence-electron chi connectivity index (χ0n) is 15.1. The van der Waals surface area contributed by atoms with E-state index < -0.39 is 0 Å². The van der Waals surface area contributed by atoms with Crippen LogP contribution in [0.5, 0.6) is 11.5 Å². The van der Waals surface area contributed by atoms with E-state index in [1.165, 1.54) is 24.7 Å². The number of hydrogen-bond acceptors (Lipinski definition) is 5. The number of fused-ring (bicyclic) bond motifs is 1. The van der Waals surface area contributed by atoms with Crippen LogP contribution in [0.2, 0.25) is 0 Å². The molecular formula is C21H20N4O2. The van der Waals surface area contributed by atoms with Gasteiger partial charge in [-0.15, -0.1) is 0 Å². The van der Waals surface area contributed by atoms with Gasteiger partial charge in [0.2, 0.25) is 0 Å². The minimum atomic E-state index is 0.696. The SMILES string of the molecule is COc1ccc(C2=Nc3cc(-n4cncn4)ccc3C2)cc1OCC1CC1. The third-order valence-corrected chi connectivity index (χ3v) is 5.03. The van der Waals surface area contributed by atoms with E-state index in [1.54, 1.807) is 18.1 Å². The number of hydrogen-bond donors (Lipinski definition) is 0. The molecule has 1 saturated carbocycles. The molecule has 0 radical (unpaired) electrons. The van der Waals surface area contributed by atoms with Crippen molar-refractivity contribution in [2.75, 3.05) is 13.7 Å². The van der Waals surface area contributed by atoms with Crippen molar-refractivity contribution in [2.45, 2.75) is 19.3 Å². The molecule has 0 saturated heterocycles. The van der Waals surface area contributed by atoms with Crippen LogP contribution in [0.3, 0.4) is 0 Å². The number of nitrogens with zero attached hydrogens (tertiary/aromatic N) is 4. The summed E-state index contributed by atoms with van der Waals surface area (Å²) in [5, 5.41) is 4.19. The van der Waals surface area contributed by atoms with Crippen LogP contribution in [0.4, 0.5) is 5.69 Å². The van der Waals surface area contributed by atoms with E-state index in [2.05, 4.69) is 16.1 Å². The molecule has 136 valence electrons. The Morgan fingerprint density at radius 3 is 2.81 bits per heavy atom.